The van der Waals surface area contributed by atoms with Gasteiger partial charge < -0.3 is 16.2 Å². The van der Waals surface area contributed by atoms with Gasteiger partial charge in [-0.3, -0.25) is 4.99 Å². The summed E-state index contributed by atoms with van der Waals surface area (Å²) in [5.74, 6) is -0.0128. The Morgan fingerprint density at radius 2 is 1.54 bits per heavy atom. The van der Waals surface area contributed by atoms with Crippen molar-refractivity contribution >= 4 is 23.1 Å². The van der Waals surface area contributed by atoms with E-state index in [0.29, 0.717) is 12.1 Å². The number of hydrogen-bond acceptors (Lipinski definition) is 3. The minimum Gasteiger partial charge on any atom is -0.478 e. The number of carboxylic acids is 1. The minimum absolute atomic E-state index is 0.344. The molecule has 0 unspecified atom stereocenters. The summed E-state index contributed by atoms with van der Waals surface area (Å²) in [6, 6.07) is 29.5. The maximum absolute atomic E-state index is 11.1. The molecule has 41 heavy (non-hydrogen) atoms. The van der Waals surface area contributed by atoms with Crippen LogP contribution in [0, 0.1) is 6.92 Å². The third kappa shape index (κ3) is 8.18. The van der Waals surface area contributed by atoms with Gasteiger partial charge in [-0.05, 0) is 91.3 Å². The first-order valence-corrected chi connectivity index (χ1v) is 13.9. The number of carboxylic acid groups (broad SMARTS) is 1. The standard InChI is InChI=1S/C21H27N3.C15H14O2/c1-14(2)16(4)19-12-17(11-10-15(19)3)21(23-5)24-13-18-8-6-7-9-20(18)22;1-2-11-7-9-12(10-8-11)13-5-3-4-6-14(13)15(16)17/h6-12H,13,22H2,1-5H3,(H,23,24);3-10H,2H2,1H3,(H,16,17). The number of nitrogen functional groups attached to an aromatic ring is 1. The SMILES string of the molecule is CCc1ccc(-c2ccccc2C(=O)O)cc1.CN=C(NCc1ccccc1N)c1ccc(C)c(C(C)=C(C)C)c1. The summed E-state index contributed by atoms with van der Waals surface area (Å²) in [7, 11) is 1.81. The maximum atomic E-state index is 11.1. The second-order valence-electron chi connectivity index (χ2n) is 10.2. The third-order valence-corrected chi connectivity index (χ3v) is 7.22. The Kier molecular flexibility index (Phi) is 11.0. The van der Waals surface area contributed by atoms with Crippen LogP contribution in [0.15, 0.2) is 102 Å². The first-order valence-electron chi connectivity index (χ1n) is 13.9. The zero-order valence-electron chi connectivity index (χ0n) is 25.0. The van der Waals surface area contributed by atoms with Crippen LogP contribution in [0.4, 0.5) is 5.69 Å². The lowest BCUT2D eigenvalue weighted by Gasteiger charge is -2.14. The molecule has 0 spiro atoms. The van der Waals surface area contributed by atoms with E-state index in [9.17, 15) is 4.79 Å². The largest absolute Gasteiger partial charge is 0.478 e. The van der Waals surface area contributed by atoms with Crippen LogP contribution in [-0.4, -0.2) is 24.0 Å². The number of nitrogens with zero attached hydrogens (tertiary/aromatic N) is 1. The van der Waals surface area contributed by atoms with Crippen LogP contribution in [0.5, 0.6) is 0 Å². The minimum atomic E-state index is -0.889. The molecule has 0 bridgehead atoms. The van der Waals surface area contributed by atoms with Gasteiger partial charge in [0.15, 0.2) is 0 Å². The van der Waals surface area contributed by atoms with Crippen LogP contribution in [0.25, 0.3) is 16.7 Å². The van der Waals surface area contributed by atoms with Crippen LogP contribution < -0.4 is 11.1 Å². The van der Waals surface area contributed by atoms with Crippen LogP contribution in [-0.2, 0) is 13.0 Å². The van der Waals surface area contributed by atoms with Crippen molar-refractivity contribution in [2.24, 2.45) is 4.99 Å². The highest BCUT2D eigenvalue weighted by Crippen LogP contribution is 2.25. The summed E-state index contributed by atoms with van der Waals surface area (Å²) in [6.45, 7) is 11.4. The predicted molar refractivity (Wildman–Crippen MR) is 173 cm³/mol. The number of carbonyl (C=O) groups is 1. The molecule has 0 aromatic heterocycles. The Balaban J connectivity index is 0.000000239. The maximum Gasteiger partial charge on any atom is 0.336 e. The zero-order valence-corrected chi connectivity index (χ0v) is 25.0. The molecule has 0 saturated carbocycles. The first-order chi connectivity index (χ1) is 19.7. The molecule has 212 valence electrons. The van der Waals surface area contributed by atoms with Crippen molar-refractivity contribution in [1.82, 2.24) is 5.32 Å². The third-order valence-electron chi connectivity index (χ3n) is 7.22. The molecule has 4 N–H and O–H groups in total. The number of allylic oxidation sites excluding steroid dienone is 2. The number of benzene rings is 4. The molecule has 5 heteroatoms. The highest BCUT2D eigenvalue weighted by molar-refractivity contribution is 5.99. The van der Waals surface area contributed by atoms with E-state index in [2.05, 4.69) is 63.1 Å². The van der Waals surface area contributed by atoms with Gasteiger partial charge >= 0.3 is 5.97 Å². The average molecular weight is 548 g/mol. The van der Waals surface area contributed by atoms with Gasteiger partial charge in [-0.15, -0.1) is 0 Å². The molecular formula is C36H41N3O2. The van der Waals surface area contributed by atoms with Crippen LogP contribution >= 0.6 is 0 Å². The zero-order chi connectivity index (χ0) is 29.9. The van der Waals surface area contributed by atoms with E-state index in [0.717, 1.165) is 40.2 Å². The Morgan fingerprint density at radius 3 is 2.15 bits per heavy atom. The lowest BCUT2D eigenvalue weighted by molar-refractivity contribution is 0.0697. The van der Waals surface area contributed by atoms with Gasteiger partial charge in [-0.1, -0.05) is 85.3 Å². The van der Waals surface area contributed by atoms with Crippen molar-refractivity contribution in [3.05, 3.63) is 130 Å². The molecule has 0 aliphatic heterocycles. The van der Waals surface area contributed by atoms with Crippen molar-refractivity contribution in [3.63, 3.8) is 0 Å². The van der Waals surface area contributed by atoms with E-state index in [1.165, 1.54) is 27.8 Å². The fourth-order valence-electron chi connectivity index (χ4n) is 4.47. The molecule has 0 radical (unpaired) electrons. The molecule has 0 amide bonds. The number of aromatic carboxylic acids is 1. The van der Waals surface area contributed by atoms with Gasteiger partial charge in [0.25, 0.3) is 0 Å². The van der Waals surface area contributed by atoms with E-state index in [1.807, 2.05) is 67.7 Å². The Morgan fingerprint density at radius 1 is 0.878 bits per heavy atom. The molecule has 4 aromatic carbocycles. The first kappa shape index (κ1) is 30.9. The fraction of sp³-hybridized carbons (Fsp3) is 0.222. The van der Waals surface area contributed by atoms with Gasteiger partial charge in [0.2, 0.25) is 0 Å². The number of aliphatic imine (C=N–C) groups is 1. The number of para-hydroxylation sites is 1. The highest BCUT2D eigenvalue weighted by atomic mass is 16.4. The van der Waals surface area contributed by atoms with E-state index in [4.69, 9.17) is 10.8 Å². The number of amidine groups is 1. The van der Waals surface area contributed by atoms with Crippen molar-refractivity contribution in [2.75, 3.05) is 12.8 Å². The second kappa shape index (κ2) is 14.7. The number of nitrogens with two attached hydrogens (primary N) is 1. The van der Waals surface area contributed by atoms with Gasteiger partial charge in [0.1, 0.15) is 5.84 Å². The normalized spacial score (nSPS) is 10.8. The topological polar surface area (TPSA) is 87.7 Å². The summed E-state index contributed by atoms with van der Waals surface area (Å²) < 4.78 is 0. The molecule has 4 rings (SSSR count). The molecule has 0 aliphatic carbocycles. The van der Waals surface area contributed by atoms with Crippen LogP contribution in [0.3, 0.4) is 0 Å². The van der Waals surface area contributed by atoms with Crippen LogP contribution in [0.2, 0.25) is 0 Å². The predicted octanol–water partition coefficient (Wildman–Crippen LogP) is 8.17. The van der Waals surface area contributed by atoms with Gasteiger partial charge in [0.05, 0.1) is 5.56 Å². The summed E-state index contributed by atoms with van der Waals surface area (Å²) >= 11 is 0. The molecule has 4 aromatic rings. The molecule has 0 fully saturated rings. The number of anilines is 1. The lowest BCUT2D eigenvalue weighted by atomic mass is 9.96. The fourth-order valence-corrected chi connectivity index (χ4v) is 4.47. The highest BCUT2D eigenvalue weighted by Gasteiger charge is 2.11. The quantitative estimate of drug-likeness (QED) is 0.124. The second-order valence-corrected chi connectivity index (χ2v) is 10.2. The monoisotopic (exact) mass is 547 g/mol. The molecule has 0 atom stereocenters. The van der Waals surface area contributed by atoms with E-state index in [-0.39, 0.29) is 0 Å². The van der Waals surface area contributed by atoms with Gasteiger partial charge in [-0.25, -0.2) is 4.79 Å². The number of aryl methyl sites for hydroxylation is 2. The Bertz CT molecular complexity index is 1550. The molecule has 0 saturated heterocycles. The van der Waals surface area contributed by atoms with E-state index < -0.39 is 5.97 Å². The summed E-state index contributed by atoms with van der Waals surface area (Å²) in [4.78, 5) is 15.5. The molecule has 0 aliphatic rings. The van der Waals surface area contributed by atoms with Crippen molar-refractivity contribution in [3.8, 4) is 11.1 Å². The summed E-state index contributed by atoms with van der Waals surface area (Å²) in [5.41, 5.74) is 17.5. The molecular weight excluding hydrogens is 506 g/mol. The molecule has 0 heterocycles. The smallest absolute Gasteiger partial charge is 0.336 e. The van der Waals surface area contributed by atoms with E-state index in [1.54, 1.807) is 12.1 Å². The number of nitrogens with one attached hydrogen (secondary N) is 1. The Labute approximate surface area is 244 Å². The van der Waals surface area contributed by atoms with Crippen molar-refractivity contribution in [2.45, 2.75) is 47.6 Å². The van der Waals surface area contributed by atoms with Crippen LogP contribution in [0.1, 0.15) is 65.9 Å². The number of hydrogen-bond donors (Lipinski definition) is 3. The summed E-state index contributed by atoms with van der Waals surface area (Å²) in [6.07, 6.45) is 0.987. The Hall–Kier alpha value is -4.64. The van der Waals surface area contributed by atoms with Gasteiger partial charge in [-0.2, -0.15) is 0 Å². The van der Waals surface area contributed by atoms with Crippen molar-refractivity contribution < 1.29 is 9.90 Å². The molecule has 5 nitrogen and oxygen atoms in total. The van der Waals surface area contributed by atoms with Crippen molar-refractivity contribution in [1.29, 1.82) is 0 Å². The number of rotatable bonds is 7. The average Bonchev–Trinajstić information content (AvgIpc) is 2.99. The van der Waals surface area contributed by atoms with Gasteiger partial charge in [0, 0.05) is 24.8 Å². The van der Waals surface area contributed by atoms with E-state index >= 15 is 0 Å². The summed E-state index contributed by atoms with van der Waals surface area (Å²) in [5, 5.41) is 12.5. The lowest BCUT2D eigenvalue weighted by Crippen LogP contribution is -2.24.